The molecule has 1 fully saturated rings. The highest BCUT2D eigenvalue weighted by Gasteiger charge is 2.63. The van der Waals surface area contributed by atoms with Crippen LogP contribution < -0.4 is 4.74 Å². The fraction of sp³-hybridized carbons (Fsp3) is 0.600. The summed E-state index contributed by atoms with van der Waals surface area (Å²) in [6, 6.07) is 6.78. The van der Waals surface area contributed by atoms with Gasteiger partial charge in [0, 0.05) is 24.7 Å². The Morgan fingerprint density at radius 1 is 1.13 bits per heavy atom. The van der Waals surface area contributed by atoms with Gasteiger partial charge in [0.1, 0.15) is 18.0 Å². The zero-order chi connectivity index (χ0) is 23.0. The van der Waals surface area contributed by atoms with E-state index in [0.29, 0.717) is 30.6 Å². The number of ether oxygens (including phenoxy) is 3. The lowest BCUT2D eigenvalue weighted by molar-refractivity contribution is -0.161. The van der Waals surface area contributed by atoms with Crippen LogP contribution in [0.2, 0.25) is 0 Å². The molecule has 0 unspecified atom stereocenters. The average Bonchev–Trinajstić information content (AvgIpc) is 2.94. The van der Waals surface area contributed by atoms with Gasteiger partial charge in [0.15, 0.2) is 0 Å². The van der Waals surface area contributed by atoms with Crippen LogP contribution >= 0.6 is 0 Å². The lowest BCUT2D eigenvalue weighted by Crippen LogP contribution is -2.53. The van der Waals surface area contributed by atoms with E-state index in [2.05, 4.69) is 0 Å². The zero-order valence-corrected chi connectivity index (χ0v) is 19.3. The molecule has 0 spiro atoms. The number of hydrogen-bond acceptors (Lipinski definition) is 6. The third-order valence-corrected chi connectivity index (χ3v) is 7.17. The Balaban J connectivity index is 1.98. The van der Waals surface area contributed by atoms with Crippen LogP contribution in [0.3, 0.4) is 0 Å². The molecule has 6 nitrogen and oxygen atoms in total. The monoisotopic (exact) mass is 430 g/mol. The largest absolute Gasteiger partial charge is 0.497 e. The molecule has 0 heterocycles. The summed E-state index contributed by atoms with van der Waals surface area (Å²) in [7, 11) is 1.57. The Bertz CT molecular complexity index is 857. The predicted molar refractivity (Wildman–Crippen MR) is 117 cm³/mol. The van der Waals surface area contributed by atoms with Crippen molar-refractivity contribution >= 4 is 11.9 Å². The van der Waals surface area contributed by atoms with Gasteiger partial charge < -0.3 is 19.3 Å². The second kappa shape index (κ2) is 8.65. The van der Waals surface area contributed by atoms with Crippen molar-refractivity contribution in [2.75, 3.05) is 7.11 Å². The number of hydrogen-bond donors (Lipinski definition) is 1. The molecule has 0 aliphatic heterocycles. The number of carbonyl (C=O) groups is 2. The quantitative estimate of drug-likeness (QED) is 0.554. The molecule has 2 aliphatic rings. The molecular formula is C25H34O6. The van der Waals surface area contributed by atoms with Gasteiger partial charge in [-0.05, 0) is 56.0 Å². The van der Waals surface area contributed by atoms with E-state index in [-0.39, 0.29) is 17.8 Å². The number of methoxy groups -OCH3 is 1. The molecule has 1 saturated carbocycles. The molecule has 0 bridgehead atoms. The molecule has 5 atom stereocenters. The highest BCUT2D eigenvalue weighted by atomic mass is 16.6. The van der Waals surface area contributed by atoms with Crippen molar-refractivity contribution < 1.29 is 28.9 Å². The predicted octanol–water partition coefficient (Wildman–Crippen LogP) is 4.31. The number of fused-ring (bicyclic) bond motifs is 1. The van der Waals surface area contributed by atoms with Gasteiger partial charge in [0.25, 0.3) is 0 Å². The first-order chi connectivity index (χ1) is 14.5. The summed E-state index contributed by atoms with van der Waals surface area (Å²) >= 11 is 0. The van der Waals surface area contributed by atoms with Crippen molar-refractivity contribution in [2.24, 2.45) is 17.3 Å². The smallest absolute Gasteiger partial charge is 0.338 e. The van der Waals surface area contributed by atoms with Crippen molar-refractivity contribution in [3.05, 3.63) is 41.5 Å². The second-order valence-electron chi connectivity index (χ2n) is 9.55. The van der Waals surface area contributed by atoms with Gasteiger partial charge in [-0.25, -0.2) is 4.79 Å². The Kier molecular flexibility index (Phi) is 6.51. The Labute approximate surface area is 184 Å². The summed E-state index contributed by atoms with van der Waals surface area (Å²) in [5.41, 5.74) is -0.180. The van der Waals surface area contributed by atoms with Crippen molar-refractivity contribution in [1.82, 2.24) is 0 Å². The molecule has 1 aromatic carbocycles. The SMILES string of the molecule is COc1ccc(C(=O)O[C@H]2CC(C)=C[C@H](OC(C)=O)[C@@]3(C)CC[C@@](O)(C(C)C)[C@@H]23)cc1. The van der Waals surface area contributed by atoms with Gasteiger partial charge in [-0.3, -0.25) is 4.79 Å². The fourth-order valence-electron chi connectivity index (χ4n) is 5.41. The van der Waals surface area contributed by atoms with E-state index in [9.17, 15) is 14.7 Å². The van der Waals surface area contributed by atoms with Gasteiger partial charge in [-0.15, -0.1) is 0 Å². The summed E-state index contributed by atoms with van der Waals surface area (Å²) in [5.74, 6) is -0.556. The molecule has 3 rings (SSSR count). The van der Waals surface area contributed by atoms with Crippen LogP contribution in [0.25, 0.3) is 0 Å². The molecule has 31 heavy (non-hydrogen) atoms. The zero-order valence-electron chi connectivity index (χ0n) is 19.3. The van der Waals surface area contributed by atoms with Crippen LogP contribution in [-0.4, -0.2) is 42.0 Å². The molecule has 170 valence electrons. The van der Waals surface area contributed by atoms with Crippen LogP contribution in [0.1, 0.15) is 64.2 Å². The summed E-state index contributed by atoms with van der Waals surface area (Å²) in [6.07, 6.45) is 2.66. The normalized spacial score (nSPS) is 32.6. The molecule has 0 saturated heterocycles. The minimum absolute atomic E-state index is 0.0436. The summed E-state index contributed by atoms with van der Waals surface area (Å²) < 4.78 is 16.9. The molecule has 1 aromatic rings. The molecule has 1 N–H and O–H groups in total. The van der Waals surface area contributed by atoms with E-state index in [0.717, 1.165) is 5.57 Å². The number of carbonyl (C=O) groups excluding carboxylic acids is 2. The molecule has 2 aliphatic carbocycles. The van der Waals surface area contributed by atoms with Crippen LogP contribution in [-0.2, 0) is 14.3 Å². The Morgan fingerprint density at radius 3 is 2.32 bits per heavy atom. The fourth-order valence-corrected chi connectivity index (χ4v) is 5.41. The third kappa shape index (κ3) is 4.36. The van der Waals surface area contributed by atoms with E-state index in [1.165, 1.54) is 6.92 Å². The number of aliphatic hydroxyl groups is 1. The minimum atomic E-state index is -1.03. The van der Waals surface area contributed by atoms with Gasteiger partial charge in [-0.1, -0.05) is 26.3 Å². The number of esters is 2. The van der Waals surface area contributed by atoms with Crippen LogP contribution in [0.15, 0.2) is 35.9 Å². The first kappa shape index (κ1) is 23.3. The van der Waals surface area contributed by atoms with Gasteiger partial charge in [0.05, 0.1) is 18.3 Å². The highest BCUT2D eigenvalue weighted by molar-refractivity contribution is 5.89. The molecular weight excluding hydrogens is 396 g/mol. The van der Waals surface area contributed by atoms with E-state index >= 15 is 0 Å². The van der Waals surface area contributed by atoms with Crippen molar-refractivity contribution in [1.29, 1.82) is 0 Å². The maximum absolute atomic E-state index is 13.0. The van der Waals surface area contributed by atoms with E-state index < -0.39 is 29.2 Å². The maximum Gasteiger partial charge on any atom is 0.338 e. The van der Waals surface area contributed by atoms with E-state index in [1.54, 1.807) is 31.4 Å². The van der Waals surface area contributed by atoms with E-state index in [1.807, 2.05) is 33.8 Å². The number of rotatable bonds is 5. The van der Waals surface area contributed by atoms with E-state index in [4.69, 9.17) is 14.2 Å². The number of benzene rings is 1. The van der Waals surface area contributed by atoms with Gasteiger partial charge in [-0.2, -0.15) is 0 Å². The van der Waals surface area contributed by atoms with Crippen LogP contribution in [0.5, 0.6) is 5.75 Å². The third-order valence-electron chi connectivity index (χ3n) is 7.17. The Morgan fingerprint density at radius 2 is 1.77 bits per heavy atom. The summed E-state index contributed by atoms with van der Waals surface area (Å²) in [5, 5.41) is 11.7. The van der Waals surface area contributed by atoms with Gasteiger partial charge >= 0.3 is 11.9 Å². The van der Waals surface area contributed by atoms with Crippen LogP contribution in [0.4, 0.5) is 0 Å². The molecule has 0 aromatic heterocycles. The van der Waals surface area contributed by atoms with Crippen molar-refractivity contribution in [3.8, 4) is 5.75 Å². The average molecular weight is 431 g/mol. The Hall–Kier alpha value is -2.34. The first-order valence-electron chi connectivity index (χ1n) is 10.9. The van der Waals surface area contributed by atoms with Crippen molar-refractivity contribution in [2.45, 2.75) is 71.7 Å². The summed E-state index contributed by atoms with van der Waals surface area (Å²) in [6.45, 7) is 9.36. The van der Waals surface area contributed by atoms with Crippen LogP contribution in [0, 0.1) is 17.3 Å². The van der Waals surface area contributed by atoms with Crippen molar-refractivity contribution in [3.63, 3.8) is 0 Å². The highest BCUT2D eigenvalue weighted by Crippen LogP contribution is 2.58. The van der Waals surface area contributed by atoms with Gasteiger partial charge in [0.2, 0.25) is 0 Å². The second-order valence-corrected chi connectivity index (χ2v) is 9.55. The standard InChI is InChI=1S/C25H34O6/c1-15(2)25(28)12-11-24(5)21(30-17(4)26)14-16(3)13-20(22(24)25)31-23(27)18-7-9-19(29-6)10-8-18/h7-10,14-15,20-22,28H,11-13H2,1-6H3/t20-,21-,22-,24+,25+/m0/s1. The lowest BCUT2D eigenvalue weighted by Gasteiger charge is -2.45. The summed E-state index contributed by atoms with van der Waals surface area (Å²) in [4.78, 5) is 24.9. The molecule has 0 amide bonds. The molecule has 0 radical (unpaired) electrons. The maximum atomic E-state index is 13.0. The lowest BCUT2D eigenvalue weighted by atomic mass is 9.66. The minimum Gasteiger partial charge on any atom is -0.497 e. The first-order valence-corrected chi connectivity index (χ1v) is 10.9. The topological polar surface area (TPSA) is 82.1 Å². The molecule has 6 heteroatoms.